The molecule has 2 aromatic carbocycles. The minimum Gasteiger partial charge on any atom is -0.399 e. The zero-order chi connectivity index (χ0) is 13.8. The Morgan fingerprint density at radius 1 is 1.21 bits per heavy atom. The third kappa shape index (κ3) is 3.83. The minimum absolute atomic E-state index is 0.113. The third-order valence-corrected chi connectivity index (χ3v) is 3.26. The summed E-state index contributed by atoms with van der Waals surface area (Å²) in [6, 6.07) is 13.2. The Kier molecular flexibility index (Phi) is 4.22. The first-order chi connectivity index (χ1) is 9.04. The van der Waals surface area contributed by atoms with Crippen LogP contribution in [-0.4, -0.2) is 5.91 Å². The van der Waals surface area contributed by atoms with Crippen molar-refractivity contribution in [3.8, 4) is 0 Å². The Labute approximate surface area is 121 Å². The van der Waals surface area contributed by atoms with Crippen molar-refractivity contribution in [2.45, 2.75) is 13.5 Å². The lowest BCUT2D eigenvalue weighted by atomic mass is 10.1. The fourth-order valence-corrected chi connectivity index (χ4v) is 2.09. The van der Waals surface area contributed by atoms with E-state index >= 15 is 0 Å². The van der Waals surface area contributed by atoms with Crippen LogP contribution in [0.25, 0.3) is 0 Å². The van der Waals surface area contributed by atoms with Crippen LogP contribution < -0.4 is 11.1 Å². The highest BCUT2D eigenvalue weighted by Gasteiger charge is 2.06. The van der Waals surface area contributed by atoms with Gasteiger partial charge < -0.3 is 11.1 Å². The highest BCUT2D eigenvalue weighted by molar-refractivity contribution is 9.10. The van der Waals surface area contributed by atoms with Crippen molar-refractivity contribution < 1.29 is 4.79 Å². The van der Waals surface area contributed by atoms with Gasteiger partial charge in [0.2, 0.25) is 0 Å². The summed E-state index contributed by atoms with van der Waals surface area (Å²) >= 11 is 3.38. The SMILES string of the molecule is Cc1cc(N)cc(C(=O)NCc2ccc(Br)cc2)c1. The van der Waals surface area contributed by atoms with Crippen molar-refractivity contribution in [1.29, 1.82) is 0 Å². The summed E-state index contributed by atoms with van der Waals surface area (Å²) in [6.07, 6.45) is 0. The smallest absolute Gasteiger partial charge is 0.251 e. The topological polar surface area (TPSA) is 55.1 Å². The molecule has 0 aliphatic rings. The van der Waals surface area contributed by atoms with Gasteiger partial charge in [0, 0.05) is 22.3 Å². The molecule has 2 rings (SSSR count). The molecule has 0 radical (unpaired) electrons. The summed E-state index contributed by atoms with van der Waals surface area (Å²) in [7, 11) is 0. The minimum atomic E-state index is -0.113. The van der Waals surface area contributed by atoms with Crippen LogP contribution >= 0.6 is 15.9 Å². The normalized spacial score (nSPS) is 10.2. The average Bonchev–Trinajstić information content (AvgIpc) is 2.36. The summed E-state index contributed by atoms with van der Waals surface area (Å²) in [5, 5.41) is 2.88. The number of hydrogen-bond donors (Lipinski definition) is 2. The van der Waals surface area contributed by atoms with Crippen molar-refractivity contribution in [3.05, 3.63) is 63.6 Å². The van der Waals surface area contributed by atoms with E-state index in [4.69, 9.17) is 5.73 Å². The molecule has 0 spiro atoms. The second-order valence-corrected chi connectivity index (χ2v) is 5.36. The van der Waals surface area contributed by atoms with E-state index in [9.17, 15) is 4.79 Å². The first-order valence-corrected chi connectivity index (χ1v) is 6.74. The van der Waals surface area contributed by atoms with Gasteiger partial charge >= 0.3 is 0 Å². The molecular weight excluding hydrogens is 304 g/mol. The van der Waals surface area contributed by atoms with Crippen molar-refractivity contribution >= 4 is 27.5 Å². The summed E-state index contributed by atoms with van der Waals surface area (Å²) < 4.78 is 1.02. The quantitative estimate of drug-likeness (QED) is 0.853. The monoisotopic (exact) mass is 318 g/mol. The van der Waals surface area contributed by atoms with Gasteiger partial charge in [-0.15, -0.1) is 0 Å². The Bertz CT molecular complexity index is 573. The van der Waals surface area contributed by atoms with Crippen LogP contribution in [-0.2, 0) is 6.54 Å². The van der Waals surface area contributed by atoms with Crippen LogP contribution in [0.4, 0.5) is 5.69 Å². The molecule has 0 heterocycles. The number of nitrogen functional groups attached to an aromatic ring is 1. The molecule has 0 aliphatic carbocycles. The number of nitrogens with one attached hydrogen (secondary N) is 1. The van der Waals surface area contributed by atoms with Gasteiger partial charge in [-0.1, -0.05) is 28.1 Å². The van der Waals surface area contributed by atoms with E-state index in [1.165, 1.54) is 0 Å². The number of carbonyl (C=O) groups is 1. The highest BCUT2D eigenvalue weighted by atomic mass is 79.9. The molecule has 0 saturated heterocycles. The highest BCUT2D eigenvalue weighted by Crippen LogP contribution is 2.12. The van der Waals surface area contributed by atoms with E-state index < -0.39 is 0 Å². The lowest BCUT2D eigenvalue weighted by Gasteiger charge is -2.07. The molecule has 98 valence electrons. The number of aryl methyl sites for hydroxylation is 1. The van der Waals surface area contributed by atoms with Gasteiger partial charge in [-0.25, -0.2) is 0 Å². The Balaban J connectivity index is 2.03. The van der Waals surface area contributed by atoms with Crippen LogP contribution in [0.1, 0.15) is 21.5 Å². The van der Waals surface area contributed by atoms with Crippen LogP contribution in [0.2, 0.25) is 0 Å². The van der Waals surface area contributed by atoms with E-state index in [0.717, 1.165) is 15.6 Å². The van der Waals surface area contributed by atoms with Crippen molar-refractivity contribution in [2.75, 3.05) is 5.73 Å². The van der Waals surface area contributed by atoms with Crippen LogP contribution in [0.3, 0.4) is 0 Å². The number of rotatable bonds is 3. The Morgan fingerprint density at radius 3 is 2.53 bits per heavy atom. The number of hydrogen-bond acceptors (Lipinski definition) is 2. The van der Waals surface area contributed by atoms with Crippen LogP contribution in [0, 0.1) is 6.92 Å². The molecular formula is C15H15BrN2O. The van der Waals surface area contributed by atoms with Gasteiger partial charge in [0.1, 0.15) is 0 Å². The molecule has 3 N–H and O–H groups in total. The number of anilines is 1. The molecule has 0 aliphatic heterocycles. The van der Waals surface area contributed by atoms with Gasteiger partial charge in [-0.2, -0.15) is 0 Å². The van der Waals surface area contributed by atoms with Crippen molar-refractivity contribution in [2.24, 2.45) is 0 Å². The van der Waals surface area contributed by atoms with Gasteiger partial charge in [0.15, 0.2) is 0 Å². The number of carbonyl (C=O) groups excluding carboxylic acids is 1. The maximum atomic E-state index is 12.0. The lowest BCUT2D eigenvalue weighted by Crippen LogP contribution is -2.22. The van der Waals surface area contributed by atoms with Gasteiger partial charge in [0.05, 0.1) is 0 Å². The number of nitrogens with two attached hydrogens (primary N) is 1. The van der Waals surface area contributed by atoms with Crippen molar-refractivity contribution in [1.82, 2.24) is 5.32 Å². The van der Waals surface area contributed by atoms with Gasteiger partial charge in [-0.05, 0) is 48.4 Å². The molecule has 19 heavy (non-hydrogen) atoms. The molecule has 0 unspecified atom stereocenters. The largest absolute Gasteiger partial charge is 0.399 e. The van der Waals surface area contributed by atoms with E-state index in [1.807, 2.05) is 43.3 Å². The predicted octanol–water partition coefficient (Wildman–Crippen LogP) is 3.27. The van der Waals surface area contributed by atoms with Crippen LogP contribution in [0.15, 0.2) is 46.9 Å². The van der Waals surface area contributed by atoms with Crippen LogP contribution in [0.5, 0.6) is 0 Å². The number of amides is 1. The summed E-state index contributed by atoms with van der Waals surface area (Å²) in [4.78, 5) is 12.0. The van der Waals surface area contributed by atoms with E-state index in [0.29, 0.717) is 17.8 Å². The fraction of sp³-hybridized carbons (Fsp3) is 0.133. The summed E-state index contributed by atoms with van der Waals surface area (Å²) in [5.74, 6) is -0.113. The molecule has 0 atom stereocenters. The summed E-state index contributed by atoms with van der Waals surface area (Å²) in [6.45, 7) is 2.42. The standard InChI is InChI=1S/C15H15BrN2O/c1-10-6-12(8-14(17)7-10)15(19)18-9-11-2-4-13(16)5-3-11/h2-8H,9,17H2,1H3,(H,18,19). The van der Waals surface area contributed by atoms with Gasteiger partial charge in [0.25, 0.3) is 5.91 Å². The average molecular weight is 319 g/mol. The molecule has 4 heteroatoms. The second kappa shape index (κ2) is 5.89. The molecule has 0 saturated carbocycles. The van der Waals surface area contributed by atoms with Gasteiger partial charge in [-0.3, -0.25) is 4.79 Å². The molecule has 0 bridgehead atoms. The van der Waals surface area contributed by atoms with E-state index in [-0.39, 0.29) is 5.91 Å². The summed E-state index contributed by atoms with van der Waals surface area (Å²) in [5.41, 5.74) is 8.97. The lowest BCUT2D eigenvalue weighted by molar-refractivity contribution is 0.0951. The second-order valence-electron chi connectivity index (χ2n) is 4.44. The fourth-order valence-electron chi connectivity index (χ4n) is 1.83. The van der Waals surface area contributed by atoms with E-state index in [1.54, 1.807) is 6.07 Å². The molecule has 2 aromatic rings. The number of benzene rings is 2. The van der Waals surface area contributed by atoms with Crippen molar-refractivity contribution in [3.63, 3.8) is 0 Å². The Morgan fingerprint density at radius 2 is 1.89 bits per heavy atom. The first kappa shape index (κ1) is 13.6. The zero-order valence-corrected chi connectivity index (χ0v) is 12.2. The first-order valence-electron chi connectivity index (χ1n) is 5.94. The maximum Gasteiger partial charge on any atom is 0.251 e. The third-order valence-electron chi connectivity index (χ3n) is 2.73. The molecule has 3 nitrogen and oxygen atoms in total. The van der Waals surface area contributed by atoms with E-state index in [2.05, 4.69) is 21.2 Å². The predicted molar refractivity (Wildman–Crippen MR) is 80.9 cm³/mol. The molecule has 1 amide bonds. The zero-order valence-electron chi connectivity index (χ0n) is 10.6. The molecule has 0 aromatic heterocycles. The molecule has 0 fully saturated rings. The number of halogens is 1. The Hall–Kier alpha value is -1.81. The maximum absolute atomic E-state index is 12.0.